The molecule has 1 aliphatic carbocycles. The van der Waals surface area contributed by atoms with Crippen LogP contribution in [0.5, 0.6) is 11.5 Å². The summed E-state index contributed by atoms with van der Waals surface area (Å²) in [6, 6.07) is 5.44. The molecule has 0 radical (unpaired) electrons. The smallest absolute Gasteiger partial charge is 0.309 e. The van der Waals surface area contributed by atoms with Gasteiger partial charge in [0.05, 0.1) is 30.2 Å². The predicted molar refractivity (Wildman–Crippen MR) is 104 cm³/mol. The van der Waals surface area contributed by atoms with Crippen LogP contribution in [0, 0.1) is 5.92 Å². The van der Waals surface area contributed by atoms with Crippen LogP contribution in [0.15, 0.2) is 30.6 Å². The lowest BCUT2D eigenvalue weighted by Crippen LogP contribution is -2.26. The van der Waals surface area contributed by atoms with Gasteiger partial charge < -0.3 is 14.2 Å². The van der Waals surface area contributed by atoms with Gasteiger partial charge in [0, 0.05) is 18.8 Å². The molecule has 7 heteroatoms. The van der Waals surface area contributed by atoms with E-state index in [9.17, 15) is 4.79 Å². The van der Waals surface area contributed by atoms with E-state index < -0.39 is 6.10 Å². The van der Waals surface area contributed by atoms with Gasteiger partial charge in [-0.15, -0.1) is 0 Å². The number of methoxy groups -OCH3 is 2. The van der Waals surface area contributed by atoms with Crippen molar-refractivity contribution in [1.82, 2.24) is 4.98 Å². The van der Waals surface area contributed by atoms with Gasteiger partial charge in [0.25, 0.3) is 0 Å². The minimum atomic E-state index is -0.546. The van der Waals surface area contributed by atoms with E-state index >= 15 is 0 Å². The minimum Gasteiger partial charge on any atom is -0.493 e. The molecular weight excluding hydrogens is 389 g/mol. The third-order valence-corrected chi connectivity index (χ3v) is 5.47. The van der Waals surface area contributed by atoms with Crippen LogP contribution in [0.4, 0.5) is 0 Å². The number of benzene rings is 1. The molecule has 0 N–H and O–H groups in total. The normalized spacial score (nSPS) is 15.0. The molecule has 1 atom stereocenters. The first-order chi connectivity index (χ1) is 13.0. The van der Waals surface area contributed by atoms with Gasteiger partial charge in [-0.2, -0.15) is 0 Å². The fraction of sp³-hybridized carbons (Fsp3) is 0.400. The average molecular weight is 410 g/mol. The van der Waals surface area contributed by atoms with Gasteiger partial charge in [-0.05, 0) is 36.1 Å². The van der Waals surface area contributed by atoms with Crippen molar-refractivity contribution in [2.24, 2.45) is 5.92 Å². The van der Waals surface area contributed by atoms with Crippen molar-refractivity contribution in [2.75, 3.05) is 14.2 Å². The van der Waals surface area contributed by atoms with Crippen LogP contribution >= 0.6 is 23.2 Å². The van der Waals surface area contributed by atoms with Crippen LogP contribution in [-0.2, 0) is 16.0 Å². The molecule has 0 aliphatic heterocycles. The largest absolute Gasteiger partial charge is 0.493 e. The Labute approximate surface area is 168 Å². The van der Waals surface area contributed by atoms with E-state index in [4.69, 9.17) is 37.4 Å². The lowest BCUT2D eigenvalue weighted by atomic mass is 9.85. The van der Waals surface area contributed by atoms with Crippen molar-refractivity contribution in [3.63, 3.8) is 0 Å². The van der Waals surface area contributed by atoms with E-state index in [1.807, 2.05) is 6.07 Å². The monoisotopic (exact) mass is 409 g/mol. The quantitative estimate of drug-likeness (QED) is 0.599. The number of carbonyl (C=O) groups is 1. The standard InChI is InChI=1S/C20H21Cl2NO4/c1-25-17-7-6-13(8-19(17)26-2)18(27-20(24)12-4-3-5-12)9-14-15(21)10-23-11-16(14)22/h6-8,10-12,18H,3-5,9H2,1-2H3/t18-/m0/s1. The van der Waals surface area contributed by atoms with Gasteiger partial charge in [-0.3, -0.25) is 9.78 Å². The molecule has 0 saturated heterocycles. The van der Waals surface area contributed by atoms with Crippen molar-refractivity contribution in [3.8, 4) is 11.5 Å². The Balaban J connectivity index is 1.92. The third-order valence-electron chi connectivity index (χ3n) is 4.82. The number of hydrogen-bond acceptors (Lipinski definition) is 5. The Morgan fingerprint density at radius 2 is 1.81 bits per heavy atom. The highest BCUT2D eigenvalue weighted by molar-refractivity contribution is 6.35. The van der Waals surface area contributed by atoms with Gasteiger partial charge >= 0.3 is 5.97 Å². The summed E-state index contributed by atoms with van der Waals surface area (Å²) in [6.45, 7) is 0. The summed E-state index contributed by atoms with van der Waals surface area (Å²) < 4.78 is 16.5. The van der Waals surface area contributed by atoms with E-state index in [1.54, 1.807) is 26.4 Å². The predicted octanol–water partition coefficient (Wildman–Crippen LogP) is 5.03. The van der Waals surface area contributed by atoms with Crippen LogP contribution in [0.3, 0.4) is 0 Å². The first kappa shape index (κ1) is 19.8. The summed E-state index contributed by atoms with van der Waals surface area (Å²) >= 11 is 12.5. The van der Waals surface area contributed by atoms with Gasteiger partial charge in [-0.1, -0.05) is 35.7 Å². The number of rotatable bonds is 7. The van der Waals surface area contributed by atoms with Gasteiger partial charge in [-0.25, -0.2) is 0 Å². The molecule has 1 aliphatic rings. The number of nitrogens with zero attached hydrogens (tertiary/aromatic N) is 1. The second-order valence-corrected chi connectivity index (χ2v) is 7.27. The van der Waals surface area contributed by atoms with E-state index in [2.05, 4.69) is 4.98 Å². The molecule has 144 valence electrons. The van der Waals surface area contributed by atoms with Crippen molar-refractivity contribution < 1.29 is 19.0 Å². The van der Waals surface area contributed by atoms with E-state index in [0.717, 1.165) is 24.8 Å². The fourth-order valence-electron chi connectivity index (χ4n) is 2.98. The molecule has 27 heavy (non-hydrogen) atoms. The zero-order valence-electron chi connectivity index (χ0n) is 15.2. The zero-order valence-corrected chi connectivity index (χ0v) is 16.7. The van der Waals surface area contributed by atoms with Crippen molar-refractivity contribution in [2.45, 2.75) is 31.8 Å². The number of ether oxygens (including phenoxy) is 3. The molecule has 0 amide bonds. The molecule has 1 saturated carbocycles. The van der Waals surface area contributed by atoms with Crippen LogP contribution in [0.25, 0.3) is 0 Å². The lowest BCUT2D eigenvalue weighted by molar-refractivity contribution is -0.157. The summed E-state index contributed by atoms with van der Waals surface area (Å²) in [5.41, 5.74) is 1.47. The molecule has 0 unspecified atom stereocenters. The topological polar surface area (TPSA) is 57.7 Å². The number of hydrogen-bond donors (Lipinski definition) is 0. The van der Waals surface area contributed by atoms with Crippen LogP contribution in [0.1, 0.15) is 36.5 Å². The van der Waals surface area contributed by atoms with Crippen LogP contribution in [0.2, 0.25) is 10.0 Å². The third kappa shape index (κ3) is 4.47. The second-order valence-electron chi connectivity index (χ2n) is 6.45. The molecule has 1 aromatic carbocycles. The summed E-state index contributed by atoms with van der Waals surface area (Å²) in [5.74, 6) is 0.940. The Hall–Kier alpha value is -1.98. The summed E-state index contributed by atoms with van der Waals surface area (Å²) in [5, 5.41) is 0.875. The van der Waals surface area contributed by atoms with E-state index in [1.165, 1.54) is 12.4 Å². The first-order valence-electron chi connectivity index (χ1n) is 8.73. The van der Waals surface area contributed by atoms with E-state index in [-0.39, 0.29) is 11.9 Å². The SMILES string of the molecule is COc1ccc([C@H](Cc2c(Cl)cncc2Cl)OC(=O)C2CCC2)cc1OC. The Kier molecular flexibility index (Phi) is 6.45. The molecule has 5 nitrogen and oxygen atoms in total. The molecule has 3 rings (SSSR count). The minimum absolute atomic E-state index is 0.0315. The number of esters is 1. The molecule has 1 fully saturated rings. The van der Waals surface area contributed by atoms with Gasteiger partial charge in [0.15, 0.2) is 11.5 Å². The summed E-state index contributed by atoms with van der Waals surface area (Å²) in [7, 11) is 3.13. The zero-order chi connectivity index (χ0) is 19.4. The van der Waals surface area contributed by atoms with Crippen molar-refractivity contribution in [3.05, 3.63) is 51.8 Å². The van der Waals surface area contributed by atoms with Gasteiger partial charge in [0.2, 0.25) is 0 Å². The maximum absolute atomic E-state index is 12.5. The first-order valence-corrected chi connectivity index (χ1v) is 9.49. The highest BCUT2D eigenvalue weighted by atomic mass is 35.5. The van der Waals surface area contributed by atoms with Crippen molar-refractivity contribution in [1.29, 1.82) is 0 Å². The van der Waals surface area contributed by atoms with Crippen LogP contribution < -0.4 is 9.47 Å². The second kappa shape index (κ2) is 8.81. The number of halogens is 2. The highest BCUT2D eigenvalue weighted by Gasteiger charge is 2.30. The molecule has 2 aromatic rings. The van der Waals surface area contributed by atoms with Crippen molar-refractivity contribution >= 4 is 29.2 Å². The Morgan fingerprint density at radius 3 is 2.37 bits per heavy atom. The number of carbonyl (C=O) groups excluding carboxylic acids is 1. The summed E-state index contributed by atoms with van der Waals surface area (Å²) in [4.78, 5) is 16.5. The average Bonchev–Trinajstić information content (AvgIpc) is 2.61. The van der Waals surface area contributed by atoms with E-state index in [0.29, 0.717) is 33.5 Å². The number of pyridine rings is 1. The molecule has 0 bridgehead atoms. The maximum atomic E-state index is 12.5. The Morgan fingerprint density at radius 1 is 1.15 bits per heavy atom. The van der Waals surface area contributed by atoms with Gasteiger partial charge in [0.1, 0.15) is 6.10 Å². The highest BCUT2D eigenvalue weighted by Crippen LogP contribution is 2.37. The maximum Gasteiger partial charge on any atom is 0.309 e. The molecular formula is C20H21Cl2NO4. The number of aromatic nitrogens is 1. The fourth-order valence-corrected chi connectivity index (χ4v) is 3.50. The molecule has 1 heterocycles. The Bertz CT molecular complexity index is 803. The molecule has 1 aromatic heterocycles. The summed E-state index contributed by atoms with van der Waals surface area (Å²) in [6.07, 6.45) is 5.65. The lowest BCUT2D eigenvalue weighted by Gasteiger charge is -2.27. The van der Waals surface area contributed by atoms with Crippen LogP contribution in [-0.4, -0.2) is 25.2 Å². The molecule has 0 spiro atoms.